The normalized spacial score (nSPS) is 10.9. The Morgan fingerprint density at radius 1 is 1.07 bits per heavy atom. The fraction of sp³-hybridized carbons (Fsp3) is 0.0526. The topological polar surface area (TPSA) is 102 Å². The quantitative estimate of drug-likeness (QED) is 0.734. The smallest absolute Gasteiger partial charge is 0.417 e. The van der Waals surface area contributed by atoms with Crippen molar-refractivity contribution in [3.05, 3.63) is 71.5 Å². The average Bonchev–Trinajstić information content (AvgIpc) is 2.68. The number of ether oxygens (including phenoxy) is 1. The molecular formula is C19H11F3N4O2. The van der Waals surface area contributed by atoms with Gasteiger partial charge in [0.15, 0.2) is 5.82 Å². The summed E-state index contributed by atoms with van der Waals surface area (Å²) in [5.41, 5.74) is 4.25. The molecule has 1 amide bonds. The Hall–Kier alpha value is -3.93. The number of alkyl halides is 3. The number of rotatable bonds is 4. The Balaban J connectivity index is 1.85. The molecule has 0 aliphatic heterocycles. The van der Waals surface area contributed by atoms with Crippen LogP contribution in [0.1, 0.15) is 21.6 Å². The number of nitriles is 1. The zero-order valence-corrected chi connectivity index (χ0v) is 14.1. The number of carbonyl (C=O) groups excluding carboxylic acids is 1. The predicted octanol–water partition coefficient (Wildman–Crippen LogP) is 3.93. The number of nitrogens with zero attached hydrogens (tertiary/aromatic N) is 3. The first-order valence-corrected chi connectivity index (χ1v) is 7.80. The molecule has 9 heteroatoms. The molecule has 1 heterocycles. The molecule has 1 aromatic heterocycles. The van der Waals surface area contributed by atoms with Gasteiger partial charge >= 0.3 is 6.18 Å². The van der Waals surface area contributed by atoms with Crippen molar-refractivity contribution in [2.75, 3.05) is 0 Å². The van der Waals surface area contributed by atoms with Gasteiger partial charge in [-0.1, -0.05) is 0 Å². The highest BCUT2D eigenvalue weighted by Gasteiger charge is 2.34. The maximum atomic E-state index is 13.0. The highest BCUT2D eigenvalue weighted by molar-refractivity contribution is 5.91. The number of hydrogen-bond acceptors (Lipinski definition) is 5. The number of amides is 1. The lowest BCUT2D eigenvalue weighted by molar-refractivity contribution is -0.137. The van der Waals surface area contributed by atoms with Gasteiger partial charge < -0.3 is 10.5 Å². The summed E-state index contributed by atoms with van der Waals surface area (Å²) in [5, 5.41) is 8.82. The van der Waals surface area contributed by atoms with Crippen LogP contribution >= 0.6 is 0 Å². The van der Waals surface area contributed by atoms with Gasteiger partial charge in [-0.25, -0.2) is 9.97 Å². The molecule has 0 aliphatic carbocycles. The van der Waals surface area contributed by atoms with Gasteiger partial charge in [0.1, 0.15) is 17.2 Å². The van der Waals surface area contributed by atoms with Crippen molar-refractivity contribution < 1.29 is 22.7 Å². The van der Waals surface area contributed by atoms with Crippen LogP contribution in [0.2, 0.25) is 0 Å². The van der Waals surface area contributed by atoms with Gasteiger partial charge in [-0.2, -0.15) is 18.4 Å². The highest BCUT2D eigenvalue weighted by Crippen LogP contribution is 2.35. The Bertz CT molecular complexity index is 1070. The van der Waals surface area contributed by atoms with E-state index in [0.717, 1.165) is 12.1 Å². The lowest BCUT2D eigenvalue weighted by Gasteiger charge is -2.12. The van der Waals surface area contributed by atoms with E-state index in [-0.39, 0.29) is 23.0 Å². The largest absolute Gasteiger partial charge is 0.457 e. The van der Waals surface area contributed by atoms with Crippen LogP contribution in [0.15, 0.2) is 54.7 Å². The minimum absolute atomic E-state index is 0.0580. The van der Waals surface area contributed by atoms with Crippen molar-refractivity contribution in [1.29, 1.82) is 5.26 Å². The van der Waals surface area contributed by atoms with E-state index in [0.29, 0.717) is 5.56 Å². The molecule has 0 saturated heterocycles. The molecule has 0 saturated carbocycles. The lowest BCUT2D eigenvalue weighted by atomic mass is 10.1. The monoisotopic (exact) mass is 384 g/mol. The number of carbonyl (C=O) groups is 1. The number of primary amides is 1. The summed E-state index contributed by atoms with van der Waals surface area (Å²) in [7, 11) is 0. The van der Waals surface area contributed by atoms with Gasteiger partial charge in [0.2, 0.25) is 0 Å². The van der Waals surface area contributed by atoms with E-state index in [4.69, 9.17) is 15.7 Å². The van der Waals surface area contributed by atoms with Gasteiger partial charge in [-0.15, -0.1) is 0 Å². The Labute approximate surface area is 157 Å². The van der Waals surface area contributed by atoms with Gasteiger partial charge in [0.25, 0.3) is 5.91 Å². The predicted molar refractivity (Wildman–Crippen MR) is 92.2 cm³/mol. The molecule has 0 bridgehead atoms. The fourth-order valence-electron chi connectivity index (χ4n) is 2.36. The molecule has 3 rings (SSSR count). The van der Waals surface area contributed by atoms with Gasteiger partial charge in [-0.3, -0.25) is 4.79 Å². The van der Waals surface area contributed by atoms with Crippen molar-refractivity contribution in [2.24, 2.45) is 5.73 Å². The number of benzene rings is 2. The van der Waals surface area contributed by atoms with Crippen LogP contribution in [0.4, 0.5) is 13.2 Å². The molecule has 0 atom stereocenters. The third-order valence-electron chi connectivity index (χ3n) is 3.67. The van der Waals surface area contributed by atoms with Crippen molar-refractivity contribution >= 4 is 5.91 Å². The summed E-state index contributed by atoms with van der Waals surface area (Å²) in [6, 6.07) is 12.2. The second-order valence-corrected chi connectivity index (χ2v) is 5.57. The Morgan fingerprint density at radius 2 is 1.75 bits per heavy atom. The molecule has 0 unspecified atom stereocenters. The minimum atomic E-state index is -4.67. The van der Waals surface area contributed by atoms with Gasteiger partial charge in [0, 0.05) is 11.8 Å². The van der Waals surface area contributed by atoms with Crippen LogP contribution < -0.4 is 10.5 Å². The minimum Gasteiger partial charge on any atom is -0.457 e. The second-order valence-electron chi connectivity index (χ2n) is 5.57. The fourth-order valence-corrected chi connectivity index (χ4v) is 2.36. The number of halogens is 3. The van der Waals surface area contributed by atoms with E-state index in [2.05, 4.69) is 9.97 Å². The highest BCUT2D eigenvalue weighted by atomic mass is 19.4. The molecule has 6 nitrogen and oxygen atoms in total. The van der Waals surface area contributed by atoms with Crippen LogP contribution in [-0.4, -0.2) is 15.9 Å². The SMILES string of the molecule is N#Cc1ccc(Oc2ccc(-c3nccc(C(N)=O)n3)cc2)cc1C(F)(F)F. The van der Waals surface area contributed by atoms with Crippen molar-refractivity contribution in [1.82, 2.24) is 9.97 Å². The maximum absolute atomic E-state index is 13.0. The van der Waals surface area contributed by atoms with Crippen LogP contribution in [-0.2, 0) is 6.18 Å². The lowest BCUT2D eigenvalue weighted by Crippen LogP contribution is -2.13. The summed E-state index contributed by atoms with van der Waals surface area (Å²) in [5.74, 6) is -0.218. The van der Waals surface area contributed by atoms with Gasteiger partial charge in [0.05, 0.1) is 17.2 Å². The first kappa shape index (κ1) is 18.8. The number of aromatic nitrogens is 2. The molecule has 0 radical (unpaired) electrons. The maximum Gasteiger partial charge on any atom is 0.417 e. The van der Waals surface area contributed by atoms with Crippen molar-refractivity contribution in [3.63, 3.8) is 0 Å². The first-order valence-electron chi connectivity index (χ1n) is 7.80. The zero-order valence-electron chi connectivity index (χ0n) is 14.1. The first-order chi connectivity index (χ1) is 13.3. The summed E-state index contributed by atoms with van der Waals surface area (Å²) in [6.45, 7) is 0. The molecule has 28 heavy (non-hydrogen) atoms. The molecule has 3 aromatic rings. The molecule has 0 fully saturated rings. The summed E-state index contributed by atoms with van der Waals surface area (Å²) in [6.07, 6.45) is -3.28. The molecule has 0 spiro atoms. The van der Waals surface area contributed by atoms with Crippen LogP contribution in [0.25, 0.3) is 11.4 Å². The standard InChI is InChI=1S/C19H11F3N4O2/c20-19(21,22)15-9-14(6-3-12(15)10-23)28-13-4-1-11(2-5-13)18-25-8-7-16(26-18)17(24)27/h1-9H,(H2,24,27). The van der Waals surface area contributed by atoms with Crippen LogP contribution in [0.5, 0.6) is 11.5 Å². The van der Waals surface area contributed by atoms with Gasteiger partial charge in [-0.05, 0) is 48.5 Å². The Kier molecular flexibility index (Phi) is 4.96. The average molecular weight is 384 g/mol. The van der Waals surface area contributed by atoms with E-state index in [1.807, 2.05) is 0 Å². The summed E-state index contributed by atoms with van der Waals surface area (Å²) >= 11 is 0. The van der Waals surface area contributed by atoms with E-state index >= 15 is 0 Å². The van der Waals surface area contributed by atoms with E-state index in [9.17, 15) is 18.0 Å². The third kappa shape index (κ3) is 4.07. The second kappa shape index (κ2) is 7.36. The van der Waals surface area contributed by atoms with Crippen LogP contribution in [0.3, 0.4) is 0 Å². The number of nitrogens with two attached hydrogens (primary N) is 1. The molecule has 2 aromatic carbocycles. The Morgan fingerprint density at radius 3 is 2.36 bits per heavy atom. The van der Waals surface area contributed by atoms with Crippen molar-refractivity contribution in [2.45, 2.75) is 6.18 Å². The van der Waals surface area contributed by atoms with E-state index in [1.165, 1.54) is 36.5 Å². The number of hydrogen-bond donors (Lipinski definition) is 1. The molecule has 0 aliphatic rings. The molecular weight excluding hydrogens is 373 g/mol. The van der Waals surface area contributed by atoms with E-state index in [1.54, 1.807) is 12.1 Å². The van der Waals surface area contributed by atoms with Crippen LogP contribution in [0, 0.1) is 11.3 Å². The zero-order chi connectivity index (χ0) is 20.3. The molecule has 140 valence electrons. The summed E-state index contributed by atoms with van der Waals surface area (Å²) in [4.78, 5) is 19.3. The summed E-state index contributed by atoms with van der Waals surface area (Å²) < 4.78 is 44.5. The third-order valence-corrected chi connectivity index (χ3v) is 3.67. The van der Waals surface area contributed by atoms with E-state index < -0.39 is 23.2 Å². The van der Waals surface area contributed by atoms with Crippen molar-refractivity contribution in [3.8, 4) is 29.0 Å². The molecule has 2 N–H and O–H groups in total.